The van der Waals surface area contributed by atoms with Crippen molar-refractivity contribution in [2.75, 3.05) is 0 Å². The molecule has 0 bridgehead atoms. The third kappa shape index (κ3) is 1.95. The van der Waals surface area contributed by atoms with E-state index in [0.29, 0.717) is 5.71 Å². The van der Waals surface area contributed by atoms with Crippen LogP contribution in [-0.4, -0.2) is 10.3 Å². The van der Waals surface area contributed by atoms with Crippen LogP contribution in [0.3, 0.4) is 0 Å². The highest BCUT2D eigenvalue weighted by molar-refractivity contribution is 6.09. The van der Waals surface area contributed by atoms with Gasteiger partial charge < -0.3 is 9.98 Å². The summed E-state index contributed by atoms with van der Waals surface area (Å²) in [5, 5.41) is 9.04. The van der Waals surface area contributed by atoms with E-state index < -0.39 is 0 Å². The lowest BCUT2D eigenvalue weighted by molar-refractivity contribution is 0.967. The van der Waals surface area contributed by atoms with E-state index in [1.807, 2.05) is 38.4 Å². The summed E-state index contributed by atoms with van der Waals surface area (Å²) in [5.74, 6) is 0. The Balaban J connectivity index is 2.25. The summed E-state index contributed by atoms with van der Waals surface area (Å²) >= 11 is 0. The zero-order chi connectivity index (χ0) is 13.4. The number of nitrogens with zero attached hydrogens (tertiary/aromatic N) is 1. The number of rotatable bonds is 2. The van der Waals surface area contributed by atoms with Gasteiger partial charge in [-0.05, 0) is 30.2 Å². The molecule has 1 heterocycles. The van der Waals surface area contributed by atoms with Crippen molar-refractivity contribution >= 4 is 16.6 Å². The van der Waals surface area contributed by atoms with E-state index in [0.717, 1.165) is 10.9 Å². The molecule has 2 heteroatoms. The second kappa shape index (κ2) is 4.39. The number of hydrogen-bond donors (Lipinski definition) is 1. The lowest BCUT2D eigenvalue weighted by atomic mass is 10.0. The molecule has 0 amide bonds. The SMILES string of the molecule is CC(=N)c1cn(C)c2ccc(-c3ccccc3)cc12. The zero-order valence-electron chi connectivity index (χ0n) is 11.1. The van der Waals surface area contributed by atoms with E-state index in [1.165, 1.54) is 16.6 Å². The van der Waals surface area contributed by atoms with E-state index in [-0.39, 0.29) is 0 Å². The Labute approximate surface area is 112 Å². The quantitative estimate of drug-likeness (QED) is 0.657. The van der Waals surface area contributed by atoms with Gasteiger partial charge >= 0.3 is 0 Å². The molecule has 0 saturated heterocycles. The van der Waals surface area contributed by atoms with E-state index >= 15 is 0 Å². The van der Waals surface area contributed by atoms with Crippen LogP contribution in [-0.2, 0) is 7.05 Å². The van der Waals surface area contributed by atoms with Gasteiger partial charge in [-0.15, -0.1) is 0 Å². The summed E-state index contributed by atoms with van der Waals surface area (Å²) in [7, 11) is 2.02. The third-order valence-electron chi connectivity index (χ3n) is 3.50. The van der Waals surface area contributed by atoms with Gasteiger partial charge in [0.15, 0.2) is 0 Å². The van der Waals surface area contributed by atoms with Crippen molar-refractivity contribution in [2.45, 2.75) is 6.92 Å². The molecule has 1 N–H and O–H groups in total. The minimum atomic E-state index is 0.607. The molecule has 0 spiro atoms. The summed E-state index contributed by atoms with van der Waals surface area (Å²) in [6.45, 7) is 1.84. The second-order valence-electron chi connectivity index (χ2n) is 4.88. The molecule has 0 atom stereocenters. The maximum atomic E-state index is 7.89. The minimum Gasteiger partial charge on any atom is -0.350 e. The summed E-state index contributed by atoms with van der Waals surface area (Å²) < 4.78 is 2.08. The first-order valence-corrected chi connectivity index (χ1v) is 6.37. The highest BCUT2D eigenvalue weighted by atomic mass is 14.9. The highest BCUT2D eigenvalue weighted by Gasteiger charge is 2.09. The highest BCUT2D eigenvalue weighted by Crippen LogP contribution is 2.27. The van der Waals surface area contributed by atoms with E-state index in [9.17, 15) is 0 Å². The fourth-order valence-electron chi connectivity index (χ4n) is 2.50. The number of nitrogens with one attached hydrogen (secondary N) is 1. The van der Waals surface area contributed by atoms with Crippen molar-refractivity contribution in [3.8, 4) is 11.1 Å². The maximum Gasteiger partial charge on any atom is 0.0485 e. The lowest BCUT2D eigenvalue weighted by Crippen LogP contribution is -1.89. The largest absolute Gasteiger partial charge is 0.350 e. The smallest absolute Gasteiger partial charge is 0.0485 e. The molecule has 1 aromatic heterocycles. The van der Waals surface area contributed by atoms with Gasteiger partial charge in [-0.25, -0.2) is 0 Å². The van der Waals surface area contributed by atoms with Gasteiger partial charge in [-0.3, -0.25) is 0 Å². The fourth-order valence-corrected chi connectivity index (χ4v) is 2.50. The van der Waals surface area contributed by atoms with Crippen LogP contribution in [0, 0.1) is 5.41 Å². The van der Waals surface area contributed by atoms with Gasteiger partial charge in [-0.2, -0.15) is 0 Å². The number of hydrogen-bond acceptors (Lipinski definition) is 1. The topological polar surface area (TPSA) is 28.8 Å². The predicted octanol–water partition coefficient (Wildman–Crippen LogP) is 4.23. The summed E-state index contributed by atoms with van der Waals surface area (Å²) in [6.07, 6.45) is 2.03. The van der Waals surface area contributed by atoms with Crippen molar-refractivity contribution in [1.29, 1.82) is 5.41 Å². The van der Waals surface area contributed by atoms with Crippen LogP contribution in [0.5, 0.6) is 0 Å². The van der Waals surface area contributed by atoms with Crippen molar-refractivity contribution in [2.24, 2.45) is 7.05 Å². The van der Waals surface area contributed by atoms with Crippen LogP contribution in [0.1, 0.15) is 12.5 Å². The lowest BCUT2D eigenvalue weighted by Gasteiger charge is -2.03. The van der Waals surface area contributed by atoms with Gasteiger partial charge in [0.25, 0.3) is 0 Å². The molecule has 3 aromatic rings. The van der Waals surface area contributed by atoms with Gasteiger partial charge in [0.2, 0.25) is 0 Å². The van der Waals surface area contributed by atoms with Crippen LogP contribution in [0.15, 0.2) is 54.7 Å². The van der Waals surface area contributed by atoms with Crippen LogP contribution < -0.4 is 0 Å². The first-order chi connectivity index (χ1) is 9.16. The molecule has 0 radical (unpaired) electrons. The Morgan fingerprint density at radius 2 is 1.74 bits per heavy atom. The van der Waals surface area contributed by atoms with Gasteiger partial charge in [0.1, 0.15) is 0 Å². The second-order valence-corrected chi connectivity index (χ2v) is 4.88. The Morgan fingerprint density at radius 1 is 1.00 bits per heavy atom. The minimum absolute atomic E-state index is 0.607. The summed E-state index contributed by atoms with van der Waals surface area (Å²) in [6, 6.07) is 16.8. The maximum absolute atomic E-state index is 7.89. The van der Waals surface area contributed by atoms with Crippen molar-refractivity contribution in [3.05, 3.63) is 60.3 Å². The van der Waals surface area contributed by atoms with E-state index in [2.05, 4.69) is 34.9 Å². The van der Waals surface area contributed by atoms with Crippen LogP contribution in [0.2, 0.25) is 0 Å². The van der Waals surface area contributed by atoms with Crippen LogP contribution >= 0.6 is 0 Å². The molecule has 0 aliphatic carbocycles. The van der Waals surface area contributed by atoms with Crippen molar-refractivity contribution in [3.63, 3.8) is 0 Å². The van der Waals surface area contributed by atoms with Crippen molar-refractivity contribution in [1.82, 2.24) is 4.57 Å². The molecule has 3 rings (SSSR count). The van der Waals surface area contributed by atoms with Gasteiger partial charge in [-0.1, -0.05) is 36.4 Å². The molecular weight excluding hydrogens is 232 g/mol. The third-order valence-corrected chi connectivity index (χ3v) is 3.50. The summed E-state index contributed by atoms with van der Waals surface area (Å²) in [5.41, 5.74) is 5.19. The number of aryl methyl sites for hydroxylation is 1. The standard InChI is InChI=1S/C17H16N2/c1-12(18)16-11-19(2)17-9-8-14(10-15(16)17)13-6-4-3-5-7-13/h3-11,18H,1-2H3. The Hall–Kier alpha value is -2.35. The molecule has 0 unspecified atom stereocenters. The molecule has 0 aliphatic heterocycles. The average Bonchev–Trinajstić information content (AvgIpc) is 2.77. The fraction of sp³-hybridized carbons (Fsp3) is 0.118. The number of fused-ring (bicyclic) bond motifs is 1. The molecule has 19 heavy (non-hydrogen) atoms. The number of aromatic nitrogens is 1. The molecule has 0 aliphatic rings. The molecule has 0 saturated carbocycles. The van der Waals surface area contributed by atoms with E-state index in [4.69, 9.17) is 5.41 Å². The Kier molecular flexibility index (Phi) is 2.71. The molecular formula is C17H16N2. The molecule has 94 valence electrons. The van der Waals surface area contributed by atoms with Crippen LogP contribution in [0.25, 0.3) is 22.0 Å². The normalized spacial score (nSPS) is 10.8. The Bertz CT molecular complexity index is 752. The van der Waals surface area contributed by atoms with Crippen LogP contribution in [0.4, 0.5) is 0 Å². The monoisotopic (exact) mass is 248 g/mol. The van der Waals surface area contributed by atoms with Gasteiger partial charge in [0.05, 0.1) is 0 Å². The molecule has 2 nitrogen and oxygen atoms in total. The first-order valence-electron chi connectivity index (χ1n) is 6.37. The first kappa shape index (κ1) is 11.7. The Morgan fingerprint density at radius 3 is 2.42 bits per heavy atom. The van der Waals surface area contributed by atoms with Gasteiger partial charge in [0, 0.05) is 35.4 Å². The van der Waals surface area contributed by atoms with E-state index in [1.54, 1.807) is 0 Å². The average molecular weight is 248 g/mol. The predicted molar refractivity (Wildman–Crippen MR) is 80.9 cm³/mol. The molecule has 0 fully saturated rings. The van der Waals surface area contributed by atoms with Crippen molar-refractivity contribution < 1.29 is 0 Å². The summed E-state index contributed by atoms with van der Waals surface area (Å²) in [4.78, 5) is 0. The zero-order valence-corrected chi connectivity index (χ0v) is 11.1. The number of benzene rings is 2. The molecule has 2 aromatic carbocycles.